The van der Waals surface area contributed by atoms with Crippen molar-refractivity contribution >= 4 is 60.5 Å². The van der Waals surface area contributed by atoms with Crippen molar-refractivity contribution in [3.8, 4) is 0 Å². The van der Waals surface area contributed by atoms with Crippen molar-refractivity contribution in [3.05, 3.63) is 56.7 Å². The minimum absolute atomic E-state index is 0.0325. The second-order valence-corrected chi connectivity index (χ2v) is 10.3. The number of thiazole rings is 1. The van der Waals surface area contributed by atoms with Crippen LogP contribution in [0.4, 0.5) is 11.4 Å². The van der Waals surface area contributed by atoms with Crippen LogP contribution in [0.2, 0.25) is 5.02 Å². The van der Waals surface area contributed by atoms with Crippen LogP contribution in [-0.4, -0.2) is 32.2 Å². The molecule has 1 heterocycles. The van der Waals surface area contributed by atoms with E-state index in [1.165, 1.54) is 25.2 Å². The molecular formula is C19H20ClN3O4S2. The van der Waals surface area contributed by atoms with E-state index in [-0.39, 0.29) is 21.5 Å². The Morgan fingerprint density at radius 3 is 2.52 bits per heavy atom. The molecule has 1 aromatic heterocycles. The molecular weight excluding hydrogens is 434 g/mol. The molecule has 3 aromatic rings. The summed E-state index contributed by atoms with van der Waals surface area (Å²) >= 11 is 7.27. The van der Waals surface area contributed by atoms with Crippen LogP contribution in [0.25, 0.3) is 10.2 Å². The van der Waals surface area contributed by atoms with E-state index in [4.69, 9.17) is 11.6 Å². The van der Waals surface area contributed by atoms with Crippen LogP contribution in [-0.2, 0) is 10.0 Å². The molecule has 0 aliphatic carbocycles. The number of carbonyl (C=O) groups excluding carboxylic acids is 1. The van der Waals surface area contributed by atoms with Crippen molar-refractivity contribution < 1.29 is 13.2 Å². The Morgan fingerprint density at radius 2 is 1.90 bits per heavy atom. The largest absolute Gasteiger partial charge is 0.322 e. The number of hydrogen-bond acceptors (Lipinski definition) is 5. The predicted molar refractivity (Wildman–Crippen MR) is 119 cm³/mol. The van der Waals surface area contributed by atoms with Gasteiger partial charge in [0.1, 0.15) is 0 Å². The molecule has 10 heteroatoms. The van der Waals surface area contributed by atoms with Crippen LogP contribution in [0.5, 0.6) is 0 Å². The molecule has 0 saturated heterocycles. The van der Waals surface area contributed by atoms with Crippen LogP contribution in [0.3, 0.4) is 0 Å². The second-order valence-electron chi connectivity index (χ2n) is 6.86. The lowest BCUT2D eigenvalue weighted by Gasteiger charge is -2.18. The molecule has 0 unspecified atom stereocenters. The number of halogens is 1. The molecule has 0 aliphatic heterocycles. The highest BCUT2D eigenvalue weighted by Gasteiger charge is 2.18. The first-order valence-corrected chi connectivity index (χ1v) is 11.7. The molecule has 2 aromatic carbocycles. The fourth-order valence-corrected chi connectivity index (χ4v) is 4.63. The SMILES string of the molecule is CC(C)n1c(=O)sc2cc(NC(=O)c3cc(N(C)S(C)(=O)=O)ccc3Cl)ccc21. The normalized spacial score (nSPS) is 11.8. The van der Waals surface area contributed by atoms with E-state index in [0.29, 0.717) is 11.4 Å². The van der Waals surface area contributed by atoms with Gasteiger partial charge in [0.15, 0.2) is 0 Å². The number of carbonyl (C=O) groups is 1. The van der Waals surface area contributed by atoms with E-state index in [9.17, 15) is 18.0 Å². The molecule has 3 rings (SSSR count). The molecule has 154 valence electrons. The molecule has 0 atom stereocenters. The van der Waals surface area contributed by atoms with Gasteiger partial charge in [-0.15, -0.1) is 0 Å². The first kappa shape index (κ1) is 21.4. The summed E-state index contributed by atoms with van der Waals surface area (Å²) in [6, 6.07) is 9.70. The monoisotopic (exact) mass is 453 g/mol. The van der Waals surface area contributed by atoms with E-state index < -0.39 is 15.9 Å². The highest BCUT2D eigenvalue weighted by molar-refractivity contribution is 7.92. The third-order valence-corrected chi connectivity index (χ3v) is 6.90. The highest BCUT2D eigenvalue weighted by atomic mass is 35.5. The Morgan fingerprint density at radius 1 is 1.21 bits per heavy atom. The summed E-state index contributed by atoms with van der Waals surface area (Å²) in [6.07, 6.45) is 1.07. The Kier molecular flexibility index (Phi) is 5.75. The smallest absolute Gasteiger partial charge is 0.308 e. The summed E-state index contributed by atoms with van der Waals surface area (Å²) in [5, 5.41) is 2.96. The van der Waals surface area contributed by atoms with Gasteiger partial charge in [-0.3, -0.25) is 18.5 Å². The number of nitrogens with one attached hydrogen (secondary N) is 1. The quantitative estimate of drug-likeness (QED) is 0.633. The van der Waals surface area contributed by atoms with Gasteiger partial charge < -0.3 is 5.32 Å². The molecule has 0 aliphatic rings. The van der Waals surface area contributed by atoms with Crippen molar-refractivity contribution in [2.45, 2.75) is 19.9 Å². The lowest BCUT2D eigenvalue weighted by atomic mass is 10.1. The van der Waals surface area contributed by atoms with Gasteiger partial charge in [-0.25, -0.2) is 8.42 Å². The first-order valence-electron chi connectivity index (χ1n) is 8.69. The maximum Gasteiger partial charge on any atom is 0.308 e. The molecule has 0 fully saturated rings. The Balaban J connectivity index is 1.93. The van der Waals surface area contributed by atoms with Crippen molar-refractivity contribution in [2.24, 2.45) is 0 Å². The Hall–Kier alpha value is -2.36. The Labute approximate surface area is 177 Å². The fourth-order valence-electron chi connectivity index (χ4n) is 2.88. The number of amides is 1. The molecule has 0 saturated carbocycles. The zero-order valence-electron chi connectivity index (χ0n) is 16.3. The van der Waals surface area contributed by atoms with E-state index >= 15 is 0 Å². The summed E-state index contributed by atoms with van der Waals surface area (Å²) in [7, 11) is -2.08. The molecule has 0 radical (unpaired) electrons. The fraction of sp³-hybridized carbons (Fsp3) is 0.263. The number of anilines is 2. The van der Waals surface area contributed by atoms with Gasteiger partial charge >= 0.3 is 4.87 Å². The van der Waals surface area contributed by atoms with Crippen molar-refractivity contribution in [3.63, 3.8) is 0 Å². The number of aromatic nitrogens is 1. The van der Waals surface area contributed by atoms with Crippen LogP contribution in [0.15, 0.2) is 41.2 Å². The zero-order chi connectivity index (χ0) is 21.5. The zero-order valence-corrected chi connectivity index (χ0v) is 18.7. The van der Waals surface area contributed by atoms with Gasteiger partial charge in [-0.05, 0) is 50.2 Å². The maximum atomic E-state index is 12.7. The third kappa shape index (κ3) is 4.31. The summed E-state index contributed by atoms with van der Waals surface area (Å²) in [5.41, 5.74) is 1.79. The number of rotatable bonds is 5. The Bertz CT molecular complexity index is 1260. The number of sulfonamides is 1. The molecule has 7 nitrogen and oxygen atoms in total. The van der Waals surface area contributed by atoms with Crippen LogP contribution in [0.1, 0.15) is 30.2 Å². The predicted octanol–water partition coefficient (Wildman–Crippen LogP) is 3.95. The van der Waals surface area contributed by atoms with Crippen molar-refractivity contribution in [1.82, 2.24) is 4.57 Å². The number of nitrogens with zero attached hydrogens (tertiary/aromatic N) is 2. The number of fused-ring (bicyclic) bond motifs is 1. The standard InChI is InChI=1S/C19H20ClN3O4S2/c1-11(2)23-16-8-5-12(9-17(16)28-19(23)25)21-18(24)14-10-13(6-7-15(14)20)22(3)29(4,26)27/h5-11H,1-4H3,(H,21,24). The molecule has 0 bridgehead atoms. The average Bonchev–Trinajstić information content (AvgIpc) is 2.95. The molecule has 29 heavy (non-hydrogen) atoms. The van der Waals surface area contributed by atoms with Gasteiger partial charge in [0, 0.05) is 18.8 Å². The van der Waals surface area contributed by atoms with E-state index in [2.05, 4.69) is 5.32 Å². The van der Waals surface area contributed by atoms with Crippen molar-refractivity contribution in [1.29, 1.82) is 0 Å². The molecule has 1 amide bonds. The average molecular weight is 454 g/mol. The van der Waals surface area contributed by atoms with Crippen LogP contribution in [0, 0.1) is 0 Å². The summed E-state index contributed by atoms with van der Waals surface area (Å²) < 4.78 is 27.0. The van der Waals surface area contributed by atoms with Gasteiger partial charge in [0.25, 0.3) is 5.91 Å². The maximum absolute atomic E-state index is 12.7. The topological polar surface area (TPSA) is 88.5 Å². The second kappa shape index (κ2) is 7.81. The summed E-state index contributed by atoms with van der Waals surface area (Å²) in [4.78, 5) is 24.9. The first-order chi connectivity index (χ1) is 13.5. The van der Waals surface area contributed by atoms with Gasteiger partial charge in [-0.1, -0.05) is 22.9 Å². The van der Waals surface area contributed by atoms with Crippen molar-refractivity contribution in [2.75, 3.05) is 22.9 Å². The van der Waals surface area contributed by atoms with Gasteiger partial charge in [-0.2, -0.15) is 0 Å². The lowest BCUT2D eigenvalue weighted by molar-refractivity contribution is 0.102. The van der Waals surface area contributed by atoms with Gasteiger partial charge in [0.2, 0.25) is 10.0 Å². The third-order valence-electron chi connectivity index (χ3n) is 4.44. The van der Waals surface area contributed by atoms with E-state index in [0.717, 1.165) is 32.1 Å². The molecule has 0 spiro atoms. The lowest BCUT2D eigenvalue weighted by Crippen LogP contribution is -2.25. The summed E-state index contributed by atoms with van der Waals surface area (Å²) in [6.45, 7) is 3.87. The van der Waals surface area contributed by atoms with E-state index in [1.807, 2.05) is 13.8 Å². The summed E-state index contributed by atoms with van der Waals surface area (Å²) in [5.74, 6) is -0.478. The minimum Gasteiger partial charge on any atom is -0.322 e. The molecule has 1 N–H and O–H groups in total. The van der Waals surface area contributed by atoms with Crippen LogP contribution >= 0.6 is 22.9 Å². The van der Waals surface area contributed by atoms with Gasteiger partial charge in [0.05, 0.1) is 32.7 Å². The van der Waals surface area contributed by atoms with Crippen LogP contribution < -0.4 is 14.5 Å². The minimum atomic E-state index is -3.48. The number of hydrogen-bond donors (Lipinski definition) is 1. The number of benzene rings is 2. The highest BCUT2D eigenvalue weighted by Crippen LogP contribution is 2.27. The van der Waals surface area contributed by atoms with E-state index in [1.54, 1.807) is 22.8 Å².